The Morgan fingerprint density at radius 1 is 1.38 bits per heavy atom. The molecule has 0 aliphatic heterocycles. The van der Waals surface area contributed by atoms with Crippen LogP contribution < -0.4 is 0 Å². The third-order valence-corrected chi connectivity index (χ3v) is 3.61. The number of halogens is 2. The van der Waals surface area contributed by atoms with E-state index in [9.17, 15) is 9.90 Å². The van der Waals surface area contributed by atoms with Gasteiger partial charge in [0.25, 0.3) is 0 Å². The molecule has 1 aromatic carbocycles. The second kappa shape index (κ2) is 5.68. The van der Waals surface area contributed by atoms with E-state index < -0.39 is 5.97 Å². The van der Waals surface area contributed by atoms with Crippen LogP contribution >= 0.6 is 31.9 Å². The van der Waals surface area contributed by atoms with E-state index in [0.29, 0.717) is 21.8 Å². The number of aromatic hydroxyl groups is 1. The molecule has 0 aromatic heterocycles. The summed E-state index contributed by atoms with van der Waals surface area (Å²) in [5, 5.41) is 18.5. The standard InChI is InChI=1S/C11H12Br2O3/c1-2-7(11(15)16)3-6-4-8(12)10(14)9(13)5-6/h4-5,7,14H,2-3H2,1H3,(H,15,16). The summed E-state index contributed by atoms with van der Waals surface area (Å²) < 4.78 is 1.13. The highest BCUT2D eigenvalue weighted by Gasteiger charge is 2.16. The summed E-state index contributed by atoms with van der Waals surface area (Å²) in [6, 6.07) is 3.48. The summed E-state index contributed by atoms with van der Waals surface area (Å²) in [4.78, 5) is 10.9. The summed E-state index contributed by atoms with van der Waals surface area (Å²) >= 11 is 6.44. The predicted octanol–water partition coefficient (Wildman–Crippen LogP) is 3.57. The van der Waals surface area contributed by atoms with Crippen LogP contribution in [0, 0.1) is 5.92 Å². The molecule has 0 saturated carbocycles. The Balaban J connectivity index is 2.93. The SMILES string of the molecule is CCC(Cc1cc(Br)c(O)c(Br)c1)C(=O)O. The molecule has 0 radical (unpaired) electrons. The quantitative estimate of drug-likeness (QED) is 0.871. The molecule has 0 saturated heterocycles. The molecule has 0 fully saturated rings. The third-order valence-electron chi connectivity index (χ3n) is 2.40. The molecule has 0 spiro atoms. The molecule has 5 heteroatoms. The van der Waals surface area contributed by atoms with Gasteiger partial charge in [0, 0.05) is 0 Å². The Morgan fingerprint density at radius 3 is 2.25 bits per heavy atom. The number of aliphatic carboxylic acids is 1. The minimum Gasteiger partial charge on any atom is -0.506 e. The third kappa shape index (κ3) is 3.22. The van der Waals surface area contributed by atoms with Gasteiger partial charge in [-0.15, -0.1) is 0 Å². The lowest BCUT2D eigenvalue weighted by Crippen LogP contribution is -2.15. The van der Waals surface area contributed by atoms with Gasteiger partial charge in [-0.1, -0.05) is 6.92 Å². The van der Waals surface area contributed by atoms with Crippen molar-refractivity contribution < 1.29 is 15.0 Å². The van der Waals surface area contributed by atoms with E-state index >= 15 is 0 Å². The highest BCUT2D eigenvalue weighted by molar-refractivity contribution is 9.11. The summed E-state index contributed by atoms with van der Waals surface area (Å²) in [5.74, 6) is -1.04. The lowest BCUT2D eigenvalue weighted by atomic mass is 9.97. The topological polar surface area (TPSA) is 57.5 Å². The normalized spacial score (nSPS) is 12.4. The van der Waals surface area contributed by atoms with Gasteiger partial charge in [0.2, 0.25) is 0 Å². The minimum atomic E-state index is -0.789. The number of benzene rings is 1. The van der Waals surface area contributed by atoms with E-state index in [2.05, 4.69) is 31.9 Å². The van der Waals surface area contributed by atoms with Gasteiger partial charge in [-0.05, 0) is 62.4 Å². The molecular weight excluding hydrogens is 340 g/mol. The first-order chi connectivity index (χ1) is 7.45. The monoisotopic (exact) mass is 350 g/mol. The molecule has 1 unspecified atom stereocenters. The summed E-state index contributed by atoms with van der Waals surface area (Å²) in [6.45, 7) is 1.85. The fourth-order valence-electron chi connectivity index (χ4n) is 1.43. The maximum atomic E-state index is 10.9. The fraction of sp³-hybridized carbons (Fsp3) is 0.364. The van der Waals surface area contributed by atoms with Gasteiger partial charge in [0.1, 0.15) is 5.75 Å². The van der Waals surface area contributed by atoms with Gasteiger partial charge in [-0.2, -0.15) is 0 Å². The zero-order valence-corrected chi connectivity index (χ0v) is 11.9. The number of carboxylic acids is 1. The molecule has 0 aliphatic carbocycles. The average molecular weight is 352 g/mol. The first-order valence-electron chi connectivity index (χ1n) is 4.85. The van der Waals surface area contributed by atoms with Crippen molar-refractivity contribution in [2.45, 2.75) is 19.8 Å². The van der Waals surface area contributed by atoms with E-state index in [1.165, 1.54) is 0 Å². The first kappa shape index (κ1) is 13.5. The largest absolute Gasteiger partial charge is 0.506 e. The molecule has 1 rings (SSSR count). The van der Waals surface area contributed by atoms with Gasteiger partial charge < -0.3 is 10.2 Å². The molecule has 0 bridgehead atoms. The van der Waals surface area contributed by atoms with Crippen LogP contribution in [0.4, 0.5) is 0 Å². The van der Waals surface area contributed by atoms with E-state index in [0.717, 1.165) is 5.56 Å². The number of phenols is 1. The van der Waals surface area contributed by atoms with Crippen LogP contribution in [0.1, 0.15) is 18.9 Å². The van der Waals surface area contributed by atoms with Crippen molar-refractivity contribution in [2.75, 3.05) is 0 Å². The van der Waals surface area contributed by atoms with Crippen molar-refractivity contribution >= 4 is 37.8 Å². The number of hydrogen-bond donors (Lipinski definition) is 2. The number of rotatable bonds is 4. The molecule has 0 amide bonds. The summed E-state index contributed by atoms with van der Waals surface area (Å²) in [5.41, 5.74) is 0.880. The molecule has 1 atom stereocenters. The van der Waals surface area contributed by atoms with Crippen molar-refractivity contribution in [3.63, 3.8) is 0 Å². The lowest BCUT2D eigenvalue weighted by Gasteiger charge is -2.11. The Kier molecular flexibility index (Phi) is 4.80. The maximum Gasteiger partial charge on any atom is 0.306 e. The highest BCUT2D eigenvalue weighted by Crippen LogP contribution is 2.34. The Labute approximate surface area is 111 Å². The van der Waals surface area contributed by atoms with Crippen LogP contribution in [-0.4, -0.2) is 16.2 Å². The summed E-state index contributed by atoms with van der Waals surface area (Å²) in [6.07, 6.45) is 1.05. The van der Waals surface area contributed by atoms with E-state index in [4.69, 9.17) is 5.11 Å². The first-order valence-corrected chi connectivity index (χ1v) is 6.44. The number of hydrogen-bond acceptors (Lipinski definition) is 2. The van der Waals surface area contributed by atoms with E-state index in [-0.39, 0.29) is 11.7 Å². The average Bonchev–Trinajstić information content (AvgIpc) is 2.21. The van der Waals surface area contributed by atoms with Gasteiger partial charge >= 0.3 is 5.97 Å². The van der Waals surface area contributed by atoms with Gasteiger partial charge in [-0.3, -0.25) is 4.79 Å². The smallest absolute Gasteiger partial charge is 0.306 e. The van der Waals surface area contributed by atoms with E-state index in [1.54, 1.807) is 12.1 Å². The molecule has 2 N–H and O–H groups in total. The summed E-state index contributed by atoms with van der Waals surface area (Å²) in [7, 11) is 0. The van der Waals surface area contributed by atoms with Crippen molar-refractivity contribution in [1.82, 2.24) is 0 Å². The maximum absolute atomic E-state index is 10.9. The van der Waals surface area contributed by atoms with Crippen LogP contribution in [0.15, 0.2) is 21.1 Å². The van der Waals surface area contributed by atoms with Crippen LogP contribution in [0.2, 0.25) is 0 Å². The minimum absolute atomic E-state index is 0.132. The Hall–Kier alpha value is -0.550. The Morgan fingerprint density at radius 2 is 1.88 bits per heavy atom. The molecule has 3 nitrogen and oxygen atoms in total. The molecular formula is C11H12Br2O3. The van der Waals surface area contributed by atoms with Crippen molar-refractivity contribution in [1.29, 1.82) is 0 Å². The second-order valence-electron chi connectivity index (χ2n) is 3.56. The lowest BCUT2D eigenvalue weighted by molar-refractivity contribution is -0.141. The van der Waals surface area contributed by atoms with Crippen LogP contribution in [0.25, 0.3) is 0 Å². The number of carboxylic acid groups (broad SMARTS) is 1. The van der Waals surface area contributed by atoms with Gasteiger partial charge in [-0.25, -0.2) is 0 Å². The van der Waals surface area contributed by atoms with E-state index in [1.807, 2.05) is 6.92 Å². The zero-order chi connectivity index (χ0) is 12.3. The van der Waals surface area contributed by atoms with Crippen molar-refractivity contribution in [3.8, 4) is 5.75 Å². The molecule has 1 aromatic rings. The van der Waals surface area contributed by atoms with Gasteiger partial charge in [0.05, 0.1) is 14.9 Å². The second-order valence-corrected chi connectivity index (χ2v) is 5.26. The van der Waals surface area contributed by atoms with Crippen LogP contribution in [-0.2, 0) is 11.2 Å². The molecule has 88 valence electrons. The van der Waals surface area contributed by atoms with Crippen LogP contribution in [0.5, 0.6) is 5.75 Å². The molecule has 0 aliphatic rings. The highest BCUT2D eigenvalue weighted by atomic mass is 79.9. The molecule has 16 heavy (non-hydrogen) atoms. The molecule has 0 heterocycles. The predicted molar refractivity (Wildman–Crippen MR) is 68.6 cm³/mol. The van der Waals surface area contributed by atoms with Crippen molar-refractivity contribution in [3.05, 3.63) is 26.6 Å². The van der Waals surface area contributed by atoms with Crippen molar-refractivity contribution in [2.24, 2.45) is 5.92 Å². The van der Waals surface area contributed by atoms with Gasteiger partial charge in [0.15, 0.2) is 0 Å². The van der Waals surface area contributed by atoms with Crippen LogP contribution in [0.3, 0.4) is 0 Å². The zero-order valence-electron chi connectivity index (χ0n) is 8.70. The number of carbonyl (C=O) groups is 1. The Bertz CT molecular complexity index is 381. The number of phenolic OH excluding ortho intramolecular Hbond substituents is 1. The fourth-order valence-corrected chi connectivity index (χ4v) is 2.71.